The molecule has 5 nitrogen and oxygen atoms in total. The molecule has 27 heavy (non-hydrogen) atoms. The van der Waals surface area contributed by atoms with Crippen LogP contribution in [0.25, 0.3) is 0 Å². The Morgan fingerprint density at radius 3 is 3.00 bits per heavy atom. The van der Waals surface area contributed by atoms with Gasteiger partial charge < -0.3 is 10.1 Å². The van der Waals surface area contributed by atoms with E-state index in [0.717, 1.165) is 46.6 Å². The standard InChI is InChI=1S/C19H22N4OS3/c1-3-15-13-9-11-26-17(13)8-10-22(15)12-23-19(25)27-18(21-23)20-14-6-4-5-7-16(14)24-2/h4-7,9,11,15H,3,8,10,12H2,1-2H3,(H,20,21)/t15-/m0/s1. The lowest BCUT2D eigenvalue weighted by molar-refractivity contribution is 0.130. The van der Waals surface area contributed by atoms with Crippen LogP contribution < -0.4 is 10.1 Å². The first-order valence-electron chi connectivity index (χ1n) is 8.98. The molecule has 0 saturated carbocycles. The third kappa shape index (κ3) is 3.80. The molecule has 0 unspecified atom stereocenters. The van der Waals surface area contributed by atoms with Gasteiger partial charge in [0.15, 0.2) is 3.95 Å². The van der Waals surface area contributed by atoms with Crippen LogP contribution in [0.3, 0.4) is 0 Å². The van der Waals surface area contributed by atoms with E-state index < -0.39 is 0 Å². The van der Waals surface area contributed by atoms with E-state index >= 15 is 0 Å². The second-order valence-corrected chi connectivity index (χ2v) is 9.05. The van der Waals surface area contributed by atoms with Crippen LogP contribution in [0, 0.1) is 3.95 Å². The van der Waals surface area contributed by atoms with Crippen molar-refractivity contribution in [2.45, 2.75) is 32.5 Å². The van der Waals surface area contributed by atoms with Crippen LogP contribution in [0.15, 0.2) is 35.7 Å². The fourth-order valence-electron chi connectivity index (χ4n) is 3.58. The number of anilines is 2. The predicted molar refractivity (Wildman–Crippen MR) is 115 cm³/mol. The predicted octanol–water partition coefficient (Wildman–Crippen LogP) is 5.45. The number of methoxy groups -OCH3 is 1. The Labute approximate surface area is 172 Å². The molecule has 0 saturated heterocycles. The molecular weight excluding hydrogens is 396 g/mol. The highest BCUT2D eigenvalue weighted by molar-refractivity contribution is 7.73. The van der Waals surface area contributed by atoms with E-state index in [-0.39, 0.29) is 0 Å². The van der Waals surface area contributed by atoms with Crippen LogP contribution in [0.1, 0.15) is 29.8 Å². The van der Waals surface area contributed by atoms with Crippen molar-refractivity contribution in [1.82, 2.24) is 14.7 Å². The summed E-state index contributed by atoms with van der Waals surface area (Å²) in [5.41, 5.74) is 2.37. The maximum atomic E-state index is 5.58. The number of benzene rings is 1. The zero-order valence-corrected chi connectivity index (χ0v) is 17.8. The Kier molecular flexibility index (Phi) is 5.58. The van der Waals surface area contributed by atoms with Crippen molar-refractivity contribution in [3.05, 3.63) is 50.1 Å². The van der Waals surface area contributed by atoms with Gasteiger partial charge in [-0.15, -0.1) is 16.4 Å². The number of nitrogens with one attached hydrogen (secondary N) is 1. The molecule has 0 spiro atoms. The molecule has 142 valence electrons. The fraction of sp³-hybridized carbons (Fsp3) is 0.368. The Balaban J connectivity index is 1.53. The maximum Gasteiger partial charge on any atom is 0.209 e. The molecule has 4 rings (SSSR count). The maximum absolute atomic E-state index is 5.58. The number of hydrogen-bond donors (Lipinski definition) is 1. The Hall–Kier alpha value is -1.74. The van der Waals surface area contributed by atoms with E-state index in [2.05, 4.69) is 28.6 Å². The van der Waals surface area contributed by atoms with Crippen molar-refractivity contribution >= 4 is 45.7 Å². The minimum atomic E-state index is 0.439. The molecule has 0 bridgehead atoms. The van der Waals surface area contributed by atoms with Crippen LogP contribution in [-0.2, 0) is 13.1 Å². The first kappa shape index (κ1) is 18.6. The van der Waals surface area contributed by atoms with Gasteiger partial charge >= 0.3 is 0 Å². The highest BCUT2D eigenvalue weighted by Crippen LogP contribution is 2.36. The largest absolute Gasteiger partial charge is 0.495 e. The molecule has 0 aliphatic carbocycles. The lowest BCUT2D eigenvalue weighted by Gasteiger charge is -2.35. The van der Waals surface area contributed by atoms with Gasteiger partial charge in [0.05, 0.1) is 19.5 Å². The number of aromatic nitrogens is 2. The molecule has 8 heteroatoms. The fourth-order valence-corrected chi connectivity index (χ4v) is 5.51. The van der Waals surface area contributed by atoms with E-state index in [9.17, 15) is 0 Å². The molecule has 3 heterocycles. The summed E-state index contributed by atoms with van der Waals surface area (Å²) in [6.07, 6.45) is 2.20. The van der Waals surface area contributed by atoms with Crippen molar-refractivity contribution in [2.24, 2.45) is 0 Å². The molecular formula is C19H22N4OS3. The van der Waals surface area contributed by atoms with Crippen LogP contribution in [0.2, 0.25) is 0 Å². The normalized spacial score (nSPS) is 16.9. The number of hydrogen-bond acceptors (Lipinski definition) is 7. The van der Waals surface area contributed by atoms with Gasteiger partial charge in [0.25, 0.3) is 0 Å². The Morgan fingerprint density at radius 2 is 2.19 bits per heavy atom. The van der Waals surface area contributed by atoms with Crippen LogP contribution in [-0.4, -0.2) is 28.3 Å². The van der Waals surface area contributed by atoms with E-state index in [1.807, 2.05) is 40.3 Å². The lowest BCUT2D eigenvalue weighted by atomic mass is 9.98. The van der Waals surface area contributed by atoms with Crippen molar-refractivity contribution in [2.75, 3.05) is 19.0 Å². The number of para-hydroxylation sites is 2. The Morgan fingerprint density at radius 1 is 1.33 bits per heavy atom. The lowest BCUT2D eigenvalue weighted by Crippen LogP contribution is -2.36. The van der Waals surface area contributed by atoms with Crippen molar-refractivity contribution in [1.29, 1.82) is 0 Å². The van der Waals surface area contributed by atoms with Crippen LogP contribution in [0.5, 0.6) is 5.75 Å². The summed E-state index contributed by atoms with van der Waals surface area (Å²) >= 11 is 8.94. The van der Waals surface area contributed by atoms with E-state index in [4.69, 9.17) is 22.1 Å². The molecule has 0 radical (unpaired) electrons. The second kappa shape index (κ2) is 8.10. The summed E-state index contributed by atoms with van der Waals surface area (Å²) in [6.45, 7) is 4.01. The smallest absolute Gasteiger partial charge is 0.209 e. The summed E-state index contributed by atoms with van der Waals surface area (Å²) in [7, 11) is 1.67. The molecule has 0 fully saturated rings. The number of nitrogens with zero attached hydrogens (tertiary/aromatic N) is 3. The van der Waals surface area contributed by atoms with Gasteiger partial charge in [-0.3, -0.25) is 4.90 Å². The summed E-state index contributed by atoms with van der Waals surface area (Å²) in [4.78, 5) is 4.01. The van der Waals surface area contributed by atoms with Gasteiger partial charge in [0.2, 0.25) is 5.13 Å². The summed E-state index contributed by atoms with van der Waals surface area (Å²) < 4.78 is 8.11. The third-order valence-corrected chi connectivity index (χ3v) is 7.08. The number of fused-ring (bicyclic) bond motifs is 1. The molecule has 1 aliphatic heterocycles. The molecule has 1 aromatic carbocycles. The van der Waals surface area contributed by atoms with Crippen LogP contribution in [0.4, 0.5) is 10.8 Å². The zero-order valence-electron chi connectivity index (χ0n) is 15.3. The number of rotatable bonds is 6. The summed E-state index contributed by atoms with van der Waals surface area (Å²) in [5, 5.41) is 11.0. The second-order valence-electron chi connectivity index (χ2n) is 6.42. The van der Waals surface area contributed by atoms with E-state index in [1.54, 1.807) is 7.11 Å². The van der Waals surface area contributed by atoms with Gasteiger partial charge in [-0.25, -0.2) is 4.68 Å². The molecule has 1 aliphatic rings. The first-order valence-corrected chi connectivity index (χ1v) is 11.1. The van der Waals surface area contributed by atoms with Crippen LogP contribution >= 0.6 is 34.9 Å². The van der Waals surface area contributed by atoms with E-state index in [1.165, 1.54) is 21.8 Å². The van der Waals surface area contributed by atoms with Crippen molar-refractivity contribution in [3.8, 4) is 5.75 Å². The minimum absolute atomic E-state index is 0.439. The molecule has 3 aromatic rings. The number of ether oxygens (including phenoxy) is 1. The molecule has 2 aromatic heterocycles. The third-order valence-electron chi connectivity index (χ3n) is 4.86. The molecule has 0 amide bonds. The first-order chi connectivity index (χ1) is 13.2. The summed E-state index contributed by atoms with van der Waals surface area (Å²) in [5.74, 6) is 0.789. The van der Waals surface area contributed by atoms with Crippen molar-refractivity contribution in [3.63, 3.8) is 0 Å². The SMILES string of the molecule is CC[C@H]1c2ccsc2CCN1Cn1nc(Nc2ccccc2OC)sc1=S. The van der Waals surface area contributed by atoms with Gasteiger partial charge in [-0.1, -0.05) is 30.4 Å². The van der Waals surface area contributed by atoms with Gasteiger partial charge in [-0.2, -0.15) is 0 Å². The topological polar surface area (TPSA) is 42.3 Å². The zero-order chi connectivity index (χ0) is 18.8. The minimum Gasteiger partial charge on any atom is -0.495 e. The average Bonchev–Trinajstić information content (AvgIpc) is 3.29. The van der Waals surface area contributed by atoms with Gasteiger partial charge in [0.1, 0.15) is 5.75 Å². The summed E-state index contributed by atoms with van der Waals surface area (Å²) in [6, 6.07) is 10.5. The highest BCUT2D eigenvalue weighted by Gasteiger charge is 2.27. The van der Waals surface area contributed by atoms with E-state index in [0.29, 0.717) is 6.04 Å². The van der Waals surface area contributed by atoms with Gasteiger partial charge in [-0.05, 0) is 54.2 Å². The monoisotopic (exact) mass is 418 g/mol. The van der Waals surface area contributed by atoms with Crippen molar-refractivity contribution < 1.29 is 4.74 Å². The van der Waals surface area contributed by atoms with Gasteiger partial charge in [0, 0.05) is 17.5 Å². The quantitative estimate of drug-likeness (QED) is 0.539. The molecule has 1 atom stereocenters. The highest BCUT2D eigenvalue weighted by atomic mass is 32.1. The average molecular weight is 419 g/mol. The Bertz CT molecular complexity index is 977. The molecule has 1 N–H and O–H groups in total. The number of thiophene rings is 1.